The summed E-state index contributed by atoms with van der Waals surface area (Å²) in [7, 11) is 1.51. The first-order chi connectivity index (χ1) is 8.06. The molecule has 4 N–H and O–H groups in total. The minimum atomic E-state index is -0.579. The van der Waals surface area contributed by atoms with Gasteiger partial charge in [-0.3, -0.25) is 9.59 Å². The Morgan fingerprint density at radius 3 is 2.82 bits per heavy atom. The second-order valence-electron chi connectivity index (χ2n) is 3.52. The highest BCUT2D eigenvalue weighted by atomic mass is 16.2. The molecule has 1 aromatic rings. The molecular weight excluding hydrogens is 224 g/mol. The van der Waals surface area contributed by atoms with Gasteiger partial charge < -0.3 is 16.4 Å². The number of rotatable bonds is 5. The van der Waals surface area contributed by atoms with Crippen LogP contribution in [0.25, 0.3) is 0 Å². The Balaban J connectivity index is 2.46. The van der Waals surface area contributed by atoms with Gasteiger partial charge in [-0.15, -0.1) is 5.10 Å². The number of carbonyl (C=O) groups excluding carboxylic acids is 2. The van der Waals surface area contributed by atoms with Gasteiger partial charge in [-0.2, -0.15) is 0 Å². The summed E-state index contributed by atoms with van der Waals surface area (Å²) in [6.07, 6.45) is 1.59. The van der Waals surface area contributed by atoms with E-state index >= 15 is 0 Å². The molecule has 1 unspecified atom stereocenters. The molecule has 17 heavy (non-hydrogen) atoms. The SMILES string of the molecule is CNC(=O)C(C)NC(=O)Cn1cc(CN)nn1. The maximum Gasteiger partial charge on any atom is 0.242 e. The van der Waals surface area contributed by atoms with E-state index in [1.54, 1.807) is 13.1 Å². The van der Waals surface area contributed by atoms with Crippen LogP contribution in [-0.4, -0.2) is 39.9 Å². The van der Waals surface area contributed by atoms with Gasteiger partial charge >= 0.3 is 0 Å². The molecule has 0 saturated carbocycles. The molecule has 0 radical (unpaired) electrons. The van der Waals surface area contributed by atoms with Crippen molar-refractivity contribution >= 4 is 11.8 Å². The lowest BCUT2D eigenvalue weighted by Crippen LogP contribution is -2.44. The number of aromatic nitrogens is 3. The zero-order valence-electron chi connectivity index (χ0n) is 9.80. The first-order valence-electron chi connectivity index (χ1n) is 5.17. The number of nitrogens with zero attached hydrogens (tertiary/aromatic N) is 3. The van der Waals surface area contributed by atoms with Gasteiger partial charge in [-0.05, 0) is 6.92 Å². The van der Waals surface area contributed by atoms with E-state index in [9.17, 15) is 9.59 Å². The smallest absolute Gasteiger partial charge is 0.242 e. The summed E-state index contributed by atoms with van der Waals surface area (Å²) in [5.74, 6) is -0.561. The molecule has 0 aliphatic carbocycles. The Kier molecular flexibility index (Phi) is 4.58. The van der Waals surface area contributed by atoms with Crippen molar-refractivity contribution in [2.45, 2.75) is 26.1 Å². The van der Waals surface area contributed by atoms with Gasteiger partial charge in [0.05, 0.1) is 11.9 Å². The van der Waals surface area contributed by atoms with E-state index in [4.69, 9.17) is 5.73 Å². The predicted octanol–water partition coefficient (Wildman–Crippen LogP) is -2.01. The number of carbonyl (C=O) groups is 2. The van der Waals surface area contributed by atoms with E-state index in [-0.39, 0.29) is 24.9 Å². The maximum atomic E-state index is 11.5. The summed E-state index contributed by atoms with van der Waals surface area (Å²) < 4.78 is 1.37. The van der Waals surface area contributed by atoms with Crippen LogP contribution in [0.5, 0.6) is 0 Å². The normalized spacial score (nSPS) is 11.9. The fraction of sp³-hybridized carbons (Fsp3) is 0.556. The molecule has 8 heteroatoms. The Morgan fingerprint density at radius 1 is 1.59 bits per heavy atom. The van der Waals surface area contributed by atoms with Crippen molar-refractivity contribution in [1.29, 1.82) is 0 Å². The van der Waals surface area contributed by atoms with E-state index < -0.39 is 6.04 Å². The summed E-state index contributed by atoms with van der Waals surface area (Å²) in [6, 6.07) is -0.579. The molecule has 0 saturated heterocycles. The average molecular weight is 240 g/mol. The Labute approximate surface area is 98.5 Å². The predicted molar refractivity (Wildman–Crippen MR) is 59.6 cm³/mol. The van der Waals surface area contributed by atoms with Gasteiger partial charge in [0.15, 0.2) is 0 Å². The van der Waals surface area contributed by atoms with Crippen molar-refractivity contribution in [2.75, 3.05) is 7.05 Å². The van der Waals surface area contributed by atoms with E-state index in [0.29, 0.717) is 5.69 Å². The molecular formula is C9H16N6O2. The molecule has 0 spiro atoms. The van der Waals surface area contributed by atoms with E-state index in [1.165, 1.54) is 11.7 Å². The zero-order valence-corrected chi connectivity index (χ0v) is 9.80. The molecule has 8 nitrogen and oxygen atoms in total. The van der Waals surface area contributed by atoms with Crippen LogP contribution in [0.1, 0.15) is 12.6 Å². The summed E-state index contributed by atoms with van der Waals surface area (Å²) in [6.45, 7) is 1.88. The summed E-state index contributed by atoms with van der Waals surface area (Å²) in [5, 5.41) is 12.4. The van der Waals surface area contributed by atoms with Crippen molar-refractivity contribution in [1.82, 2.24) is 25.6 Å². The standard InChI is InChI=1S/C9H16N6O2/c1-6(9(17)11-2)12-8(16)5-15-4-7(3-10)13-14-15/h4,6H,3,5,10H2,1-2H3,(H,11,17)(H,12,16). The van der Waals surface area contributed by atoms with E-state index in [0.717, 1.165) is 0 Å². The van der Waals surface area contributed by atoms with Crippen LogP contribution >= 0.6 is 0 Å². The van der Waals surface area contributed by atoms with Gasteiger partial charge in [0.1, 0.15) is 12.6 Å². The van der Waals surface area contributed by atoms with Crippen LogP contribution in [0.3, 0.4) is 0 Å². The van der Waals surface area contributed by atoms with Gasteiger partial charge in [0.25, 0.3) is 0 Å². The summed E-state index contributed by atoms with van der Waals surface area (Å²) >= 11 is 0. The Bertz CT molecular complexity index is 402. The molecule has 1 aromatic heterocycles. The van der Waals surface area contributed by atoms with E-state index in [2.05, 4.69) is 20.9 Å². The highest BCUT2D eigenvalue weighted by molar-refractivity contribution is 5.86. The van der Waals surface area contributed by atoms with Gasteiger partial charge in [0.2, 0.25) is 11.8 Å². The van der Waals surface area contributed by atoms with Crippen molar-refractivity contribution in [3.63, 3.8) is 0 Å². The van der Waals surface area contributed by atoms with Crippen LogP contribution in [0.2, 0.25) is 0 Å². The number of nitrogens with one attached hydrogen (secondary N) is 2. The largest absolute Gasteiger partial charge is 0.357 e. The quantitative estimate of drug-likeness (QED) is 0.550. The summed E-state index contributed by atoms with van der Waals surface area (Å²) in [4.78, 5) is 22.7. The highest BCUT2D eigenvalue weighted by Gasteiger charge is 2.14. The number of amides is 2. The third kappa shape index (κ3) is 3.83. The fourth-order valence-corrected chi connectivity index (χ4v) is 1.23. The number of hydrogen-bond acceptors (Lipinski definition) is 5. The van der Waals surface area contributed by atoms with Gasteiger partial charge in [-0.1, -0.05) is 5.21 Å². The average Bonchev–Trinajstić information content (AvgIpc) is 2.75. The first-order valence-corrected chi connectivity index (χ1v) is 5.17. The Morgan fingerprint density at radius 2 is 2.29 bits per heavy atom. The monoisotopic (exact) mass is 240 g/mol. The lowest BCUT2D eigenvalue weighted by molar-refractivity contribution is -0.128. The molecule has 0 aliphatic rings. The van der Waals surface area contributed by atoms with Crippen LogP contribution in [0.4, 0.5) is 0 Å². The molecule has 1 rings (SSSR count). The Hall–Kier alpha value is -1.96. The first kappa shape index (κ1) is 13.1. The number of hydrogen-bond donors (Lipinski definition) is 3. The zero-order chi connectivity index (χ0) is 12.8. The molecule has 1 heterocycles. The molecule has 1 atom stereocenters. The lowest BCUT2D eigenvalue weighted by atomic mass is 10.3. The van der Waals surface area contributed by atoms with Gasteiger partial charge in [0, 0.05) is 13.6 Å². The van der Waals surface area contributed by atoms with Crippen LogP contribution in [-0.2, 0) is 22.7 Å². The fourth-order valence-electron chi connectivity index (χ4n) is 1.23. The second-order valence-corrected chi connectivity index (χ2v) is 3.52. The molecule has 0 aliphatic heterocycles. The van der Waals surface area contributed by atoms with Crippen molar-refractivity contribution in [3.05, 3.63) is 11.9 Å². The minimum absolute atomic E-state index is 0.00827. The second kappa shape index (κ2) is 5.94. The van der Waals surface area contributed by atoms with Crippen LogP contribution < -0.4 is 16.4 Å². The molecule has 0 fully saturated rings. The van der Waals surface area contributed by atoms with Crippen LogP contribution in [0, 0.1) is 0 Å². The topological polar surface area (TPSA) is 115 Å². The maximum absolute atomic E-state index is 11.5. The molecule has 2 amide bonds. The van der Waals surface area contributed by atoms with Crippen LogP contribution in [0.15, 0.2) is 6.20 Å². The van der Waals surface area contributed by atoms with Crippen molar-refractivity contribution in [3.8, 4) is 0 Å². The molecule has 0 bridgehead atoms. The van der Waals surface area contributed by atoms with Gasteiger partial charge in [-0.25, -0.2) is 4.68 Å². The summed E-state index contributed by atoms with van der Waals surface area (Å²) in [5.41, 5.74) is 5.97. The minimum Gasteiger partial charge on any atom is -0.357 e. The number of nitrogens with two attached hydrogens (primary N) is 1. The molecule has 94 valence electrons. The number of likely N-dealkylation sites (N-methyl/N-ethyl adjacent to an activating group) is 1. The third-order valence-electron chi connectivity index (χ3n) is 2.12. The molecule has 0 aromatic carbocycles. The lowest BCUT2D eigenvalue weighted by Gasteiger charge is -2.11. The highest BCUT2D eigenvalue weighted by Crippen LogP contribution is 1.91. The van der Waals surface area contributed by atoms with Crippen molar-refractivity contribution < 1.29 is 9.59 Å². The van der Waals surface area contributed by atoms with E-state index in [1.807, 2.05) is 0 Å². The van der Waals surface area contributed by atoms with Crippen molar-refractivity contribution in [2.24, 2.45) is 5.73 Å². The third-order valence-corrected chi connectivity index (χ3v) is 2.12.